The number of aryl methyl sites for hydroxylation is 1. The highest BCUT2D eigenvalue weighted by atomic mass is 16.5. The fraction of sp³-hybridized carbons (Fsp3) is 0.500. The van der Waals surface area contributed by atoms with Crippen LogP contribution in [0.5, 0.6) is 0 Å². The maximum absolute atomic E-state index is 6.25. The van der Waals surface area contributed by atoms with Gasteiger partial charge < -0.3 is 15.8 Å². The van der Waals surface area contributed by atoms with Crippen LogP contribution in [0, 0.1) is 6.92 Å². The van der Waals surface area contributed by atoms with E-state index >= 15 is 0 Å². The molecule has 2 aromatic heterocycles. The van der Waals surface area contributed by atoms with E-state index in [1.54, 1.807) is 0 Å². The van der Waals surface area contributed by atoms with Crippen LogP contribution in [-0.2, 0) is 4.74 Å². The maximum atomic E-state index is 6.25. The molecule has 0 amide bonds. The van der Waals surface area contributed by atoms with Gasteiger partial charge in [-0.1, -0.05) is 12.2 Å². The molecule has 0 radical (unpaired) electrons. The predicted molar refractivity (Wildman–Crippen MR) is 94.0 cm³/mol. The summed E-state index contributed by atoms with van der Waals surface area (Å²) in [6.07, 6.45) is 9.47. The van der Waals surface area contributed by atoms with Crippen molar-refractivity contribution in [1.29, 1.82) is 0 Å². The Labute approximate surface area is 141 Å². The number of nitrogens with one attached hydrogen (secondary N) is 1. The molecule has 1 aliphatic heterocycles. The summed E-state index contributed by atoms with van der Waals surface area (Å²) in [5, 5.41) is 4.44. The first-order valence-electron chi connectivity index (χ1n) is 8.53. The average molecular weight is 325 g/mol. The Bertz CT molecular complexity index is 784. The minimum Gasteiger partial charge on any atom is -0.377 e. The first kappa shape index (κ1) is 15.5. The van der Waals surface area contributed by atoms with E-state index < -0.39 is 0 Å². The smallest absolute Gasteiger partial charge is 0.137 e. The number of ether oxygens (including phenoxy) is 1. The van der Waals surface area contributed by atoms with E-state index in [0.29, 0.717) is 25.7 Å². The summed E-state index contributed by atoms with van der Waals surface area (Å²) in [5.41, 5.74) is 7.80. The van der Waals surface area contributed by atoms with Crippen molar-refractivity contribution in [3.8, 4) is 0 Å². The van der Waals surface area contributed by atoms with Crippen molar-refractivity contribution in [2.75, 3.05) is 25.1 Å². The molecule has 0 bridgehead atoms. The van der Waals surface area contributed by atoms with Crippen molar-refractivity contribution in [2.45, 2.75) is 37.6 Å². The van der Waals surface area contributed by atoms with E-state index in [1.807, 2.05) is 19.2 Å². The van der Waals surface area contributed by atoms with Crippen LogP contribution in [0.2, 0.25) is 0 Å². The number of allylic oxidation sites excluding steroid dienone is 2. The molecule has 3 heterocycles. The van der Waals surface area contributed by atoms with Gasteiger partial charge in [-0.15, -0.1) is 0 Å². The van der Waals surface area contributed by atoms with Gasteiger partial charge >= 0.3 is 0 Å². The average Bonchev–Trinajstić information content (AvgIpc) is 2.58. The lowest BCUT2D eigenvalue weighted by atomic mass is 9.93. The first-order valence-corrected chi connectivity index (χ1v) is 8.53. The Hall–Kier alpha value is -2.05. The molecule has 3 N–H and O–H groups in total. The molecule has 0 aromatic carbocycles. The third kappa shape index (κ3) is 2.99. The predicted octanol–water partition coefficient (Wildman–Crippen LogP) is 2.30. The summed E-state index contributed by atoms with van der Waals surface area (Å²) >= 11 is 0. The van der Waals surface area contributed by atoms with Gasteiger partial charge in [-0.2, -0.15) is 0 Å². The largest absolute Gasteiger partial charge is 0.377 e. The van der Waals surface area contributed by atoms with Crippen molar-refractivity contribution < 1.29 is 4.74 Å². The van der Waals surface area contributed by atoms with E-state index in [2.05, 4.69) is 22.5 Å². The molecule has 126 valence electrons. The van der Waals surface area contributed by atoms with Gasteiger partial charge in [0.25, 0.3) is 0 Å². The molecule has 2 aromatic rings. The topological polar surface area (TPSA) is 86.0 Å². The summed E-state index contributed by atoms with van der Waals surface area (Å²) in [7, 11) is 0. The SMILES string of the molecule is Cc1cc2c(NCC3(N)COC3)nc(C3CC=CCC3)nc2cn1. The molecule has 4 rings (SSSR count). The fourth-order valence-corrected chi connectivity index (χ4v) is 3.23. The summed E-state index contributed by atoms with van der Waals surface area (Å²) in [4.78, 5) is 14.0. The lowest BCUT2D eigenvalue weighted by Gasteiger charge is -2.37. The normalized spacial score (nSPS) is 22.3. The van der Waals surface area contributed by atoms with Crippen LogP contribution in [0.15, 0.2) is 24.4 Å². The van der Waals surface area contributed by atoms with Crippen LogP contribution < -0.4 is 11.1 Å². The second-order valence-corrected chi connectivity index (χ2v) is 6.96. The molecule has 6 nitrogen and oxygen atoms in total. The zero-order valence-corrected chi connectivity index (χ0v) is 14.0. The molecule has 1 aliphatic carbocycles. The molecule has 0 spiro atoms. The van der Waals surface area contributed by atoms with Crippen molar-refractivity contribution >= 4 is 16.7 Å². The number of aromatic nitrogens is 3. The van der Waals surface area contributed by atoms with Gasteiger partial charge in [0.05, 0.1) is 30.5 Å². The van der Waals surface area contributed by atoms with E-state index in [-0.39, 0.29) is 5.54 Å². The van der Waals surface area contributed by atoms with Gasteiger partial charge in [-0.05, 0) is 32.3 Å². The highest BCUT2D eigenvalue weighted by Crippen LogP contribution is 2.30. The standard InChI is InChI=1S/C18H23N5O/c1-12-7-14-15(8-20-12)22-16(13-5-3-2-4-6-13)23-17(14)21-9-18(19)10-24-11-18/h2-3,7-8,13H,4-6,9-11,19H2,1H3,(H,21,22,23). The van der Waals surface area contributed by atoms with E-state index in [9.17, 15) is 0 Å². The van der Waals surface area contributed by atoms with Crippen LogP contribution in [0.4, 0.5) is 5.82 Å². The molecular formula is C18H23N5O. The van der Waals surface area contributed by atoms with Crippen molar-refractivity contribution in [3.63, 3.8) is 0 Å². The summed E-state index contributed by atoms with van der Waals surface area (Å²) < 4.78 is 5.24. The van der Waals surface area contributed by atoms with Crippen molar-refractivity contribution in [3.05, 3.63) is 35.9 Å². The molecule has 2 aliphatic rings. The quantitative estimate of drug-likeness (QED) is 0.839. The summed E-state index contributed by atoms with van der Waals surface area (Å²) in [6.45, 7) is 3.80. The number of nitrogens with zero attached hydrogens (tertiary/aromatic N) is 3. The van der Waals surface area contributed by atoms with Gasteiger partial charge in [-0.25, -0.2) is 9.97 Å². The fourth-order valence-electron chi connectivity index (χ4n) is 3.23. The number of anilines is 1. The van der Waals surface area contributed by atoms with Crippen LogP contribution in [0.1, 0.15) is 36.7 Å². The maximum Gasteiger partial charge on any atom is 0.137 e. The van der Waals surface area contributed by atoms with Crippen molar-refractivity contribution in [2.24, 2.45) is 5.73 Å². The number of pyridine rings is 1. The first-order chi connectivity index (χ1) is 11.6. The molecule has 1 atom stereocenters. The Morgan fingerprint density at radius 1 is 1.33 bits per heavy atom. The van der Waals surface area contributed by atoms with Crippen LogP contribution >= 0.6 is 0 Å². The number of hydrogen-bond donors (Lipinski definition) is 2. The number of hydrogen-bond acceptors (Lipinski definition) is 6. The molecule has 1 fully saturated rings. The number of nitrogens with two attached hydrogens (primary N) is 1. The molecule has 24 heavy (non-hydrogen) atoms. The number of rotatable bonds is 4. The number of fused-ring (bicyclic) bond motifs is 1. The van der Waals surface area contributed by atoms with E-state index in [1.165, 1.54) is 0 Å². The Morgan fingerprint density at radius 2 is 2.21 bits per heavy atom. The lowest BCUT2D eigenvalue weighted by Crippen LogP contribution is -2.61. The van der Waals surface area contributed by atoms with Gasteiger partial charge in [0.15, 0.2) is 0 Å². The second kappa shape index (κ2) is 6.11. The highest BCUT2D eigenvalue weighted by molar-refractivity contribution is 5.88. The monoisotopic (exact) mass is 325 g/mol. The van der Waals surface area contributed by atoms with Crippen LogP contribution in [0.3, 0.4) is 0 Å². The minimum absolute atomic E-state index is 0.299. The van der Waals surface area contributed by atoms with Gasteiger partial charge in [0.2, 0.25) is 0 Å². The Balaban J connectivity index is 1.70. The lowest BCUT2D eigenvalue weighted by molar-refractivity contribution is -0.0461. The van der Waals surface area contributed by atoms with Gasteiger partial charge in [-0.3, -0.25) is 4.98 Å². The van der Waals surface area contributed by atoms with Crippen LogP contribution in [-0.4, -0.2) is 40.2 Å². The Morgan fingerprint density at radius 3 is 2.92 bits per heavy atom. The van der Waals surface area contributed by atoms with E-state index in [4.69, 9.17) is 20.4 Å². The summed E-state index contributed by atoms with van der Waals surface area (Å²) in [6, 6.07) is 2.03. The zero-order valence-electron chi connectivity index (χ0n) is 14.0. The Kier molecular flexibility index (Phi) is 3.94. The molecule has 0 saturated carbocycles. The summed E-state index contributed by atoms with van der Waals surface area (Å²) in [5.74, 6) is 2.13. The van der Waals surface area contributed by atoms with Gasteiger partial charge in [0, 0.05) is 23.5 Å². The van der Waals surface area contributed by atoms with Gasteiger partial charge in [0.1, 0.15) is 11.6 Å². The van der Waals surface area contributed by atoms with E-state index in [0.717, 1.165) is 47.5 Å². The molecular weight excluding hydrogens is 302 g/mol. The third-order valence-corrected chi connectivity index (χ3v) is 4.76. The molecule has 6 heteroatoms. The van der Waals surface area contributed by atoms with Crippen LogP contribution in [0.25, 0.3) is 10.9 Å². The highest BCUT2D eigenvalue weighted by Gasteiger charge is 2.34. The molecule has 1 saturated heterocycles. The molecule has 1 unspecified atom stereocenters. The zero-order chi connectivity index (χ0) is 16.6. The van der Waals surface area contributed by atoms with Crippen molar-refractivity contribution in [1.82, 2.24) is 15.0 Å². The minimum atomic E-state index is -0.299. The second-order valence-electron chi connectivity index (χ2n) is 6.96. The third-order valence-electron chi connectivity index (χ3n) is 4.76.